The standard InChI is InChI=1S/C17H27NO2/c1-12(2)11-15(18-16(19)17(3,4)5)13-7-9-14(20-6)10-8-13/h7-10,12,15H,11H2,1-6H3,(H,18,19). The summed E-state index contributed by atoms with van der Waals surface area (Å²) in [7, 11) is 1.65. The minimum atomic E-state index is -0.373. The molecule has 0 radical (unpaired) electrons. The molecule has 1 aromatic carbocycles. The maximum absolute atomic E-state index is 12.2. The summed E-state index contributed by atoms with van der Waals surface area (Å²) in [6.07, 6.45) is 0.925. The number of hydrogen-bond acceptors (Lipinski definition) is 2. The predicted octanol–water partition coefficient (Wildman–Crippen LogP) is 3.94. The van der Waals surface area contributed by atoms with Crippen LogP contribution in [0.2, 0.25) is 0 Å². The van der Waals surface area contributed by atoms with E-state index in [1.807, 2.05) is 45.0 Å². The molecule has 0 fully saturated rings. The lowest BCUT2D eigenvalue weighted by Gasteiger charge is -2.26. The van der Waals surface area contributed by atoms with Crippen LogP contribution in [-0.4, -0.2) is 13.0 Å². The average Bonchev–Trinajstić information content (AvgIpc) is 2.36. The van der Waals surface area contributed by atoms with Crippen molar-refractivity contribution in [1.29, 1.82) is 0 Å². The Kier molecular flexibility index (Phi) is 5.61. The van der Waals surface area contributed by atoms with E-state index in [4.69, 9.17) is 4.74 Å². The average molecular weight is 277 g/mol. The summed E-state index contributed by atoms with van der Waals surface area (Å²) in [5.41, 5.74) is 0.749. The van der Waals surface area contributed by atoms with Gasteiger partial charge in [0.15, 0.2) is 0 Å². The highest BCUT2D eigenvalue weighted by Crippen LogP contribution is 2.25. The molecule has 0 heterocycles. The largest absolute Gasteiger partial charge is 0.497 e. The van der Waals surface area contributed by atoms with Crippen molar-refractivity contribution in [1.82, 2.24) is 5.32 Å². The molecule has 0 saturated heterocycles. The molecule has 1 amide bonds. The summed E-state index contributed by atoms with van der Waals surface area (Å²) >= 11 is 0. The van der Waals surface area contributed by atoms with Crippen LogP contribution in [0, 0.1) is 11.3 Å². The van der Waals surface area contributed by atoms with Gasteiger partial charge in [0.05, 0.1) is 13.2 Å². The first-order valence-electron chi connectivity index (χ1n) is 7.19. The zero-order chi connectivity index (χ0) is 15.3. The van der Waals surface area contributed by atoms with Crippen LogP contribution in [0.3, 0.4) is 0 Å². The number of ether oxygens (including phenoxy) is 1. The number of rotatable bonds is 5. The Bertz CT molecular complexity index is 429. The Morgan fingerprint density at radius 1 is 1.20 bits per heavy atom. The van der Waals surface area contributed by atoms with Gasteiger partial charge in [-0.3, -0.25) is 4.79 Å². The van der Waals surface area contributed by atoms with Gasteiger partial charge in [-0.25, -0.2) is 0 Å². The van der Waals surface area contributed by atoms with Crippen molar-refractivity contribution in [3.8, 4) is 5.75 Å². The molecule has 0 saturated carbocycles. The molecule has 1 aromatic rings. The number of carbonyl (C=O) groups excluding carboxylic acids is 1. The Morgan fingerprint density at radius 3 is 2.15 bits per heavy atom. The maximum atomic E-state index is 12.2. The molecule has 112 valence electrons. The summed E-state index contributed by atoms with van der Waals surface area (Å²) in [4.78, 5) is 12.2. The van der Waals surface area contributed by atoms with Gasteiger partial charge in [0, 0.05) is 5.41 Å². The molecule has 0 spiro atoms. The lowest BCUT2D eigenvalue weighted by molar-refractivity contribution is -0.129. The van der Waals surface area contributed by atoms with Crippen molar-refractivity contribution in [2.75, 3.05) is 7.11 Å². The lowest BCUT2D eigenvalue weighted by Crippen LogP contribution is -2.37. The van der Waals surface area contributed by atoms with E-state index in [1.165, 1.54) is 0 Å². The van der Waals surface area contributed by atoms with Crippen LogP contribution >= 0.6 is 0 Å². The molecule has 0 aliphatic carbocycles. The SMILES string of the molecule is COc1ccc(C(CC(C)C)NC(=O)C(C)(C)C)cc1. The van der Waals surface area contributed by atoms with E-state index in [9.17, 15) is 4.79 Å². The smallest absolute Gasteiger partial charge is 0.225 e. The van der Waals surface area contributed by atoms with Crippen molar-refractivity contribution in [2.45, 2.75) is 47.1 Å². The lowest BCUT2D eigenvalue weighted by atomic mass is 9.92. The second-order valence-electron chi connectivity index (χ2n) is 6.68. The monoisotopic (exact) mass is 277 g/mol. The van der Waals surface area contributed by atoms with Gasteiger partial charge in [-0.1, -0.05) is 46.8 Å². The molecule has 3 heteroatoms. The van der Waals surface area contributed by atoms with E-state index in [0.29, 0.717) is 5.92 Å². The van der Waals surface area contributed by atoms with E-state index < -0.39 is 0 Å². The molecule has 1 N–H and O–H groups in total. The molecule has 1 unspecified atom stereocenters. The van der Waals surface area contributed by atoms with E-state index in [-0.39, 0.29) is 17.4 Å². The van der Waals surface area contributed by atoms with E-state index in [2.05, 4.69) is 19.2 Å². The first-order chi connectivity index (χ1) is 9.24. The molecule has 20 heavy (non-hydrogen) atoms. The summed E-state index contributed by atoms with van der Waals surface area (Å²) in [5.74, 6) is 1.43. The maximum Gasteiger partial charge on any atom is 0.225 e. The zero-order valence-electron chi connectivity index (χ0n) is 13.5. The minimum Gasteiger partial charge on any atom is -0.497 e. The molecule has 0 aliphatic rings. The highest BCUT2D eigenvalue weighted by atomic mass is 16.5. The van der Waals surface area contributed by atoms with E-state index in [1.54, 1.807) is 7.11 Å². The number of methoxy groups -OCH3 is 1. The van der Waals surface area contributed by atoms with Crippen molar-refractivity contribution in [2.24, 2.45) is 11.3 Å². The Hall–Kier alpha value is -1.51. The highest BCUT2D eigenvalue weighted by molar-refractivity contribution is 5.81. The molecule has 1 atom stereocenters. The van der Waals surface area contributed by atoms with Gasteiger partial charge in [-0.2, -0.15) is 0 Å². The number of amides is 1. The fourth-order valence-corrected chi connectivity index (χ4v) is 1.96. The van der Waals surface area contributed by atoms with Crippen molar-refractivity contribution >= 4 is 5.91 Å². The van der Waals surface area contributed by atoms with Crippen LogP contribution in [0.4, 0.5) is 0 Å². The fraction of sp³-hybridized carbons (Fsp3) is 0.588. The summed E-state index contributed by atoms with van der Waals surface area (Å²) in [6, 6.07) is 7.97. The van der Waals surface area contributed by atoms with Gasteiger partial charge in [0.25, 0.3) is 0 Å². The van der Waals surface area contributed by atoms with Gasteiger partial charge >= 0.3 is 0 Å². The highest BCUT2D eigenvalue weighted by Gasteiger charge is 2.25. The number of benzene rings is 1. The first-order valence-corrected chi connectivity index (χ1v) is 7.19. The minimum absolute atomic E-state index is 0.0487. The fourth-order valence-electron chi connectivity index (χ4n) is 1.96. The van der Waals surface area contributed by atoms with Gasteiger partial charge < -0.3 is 10.1 Å². The van der Waals surface area contributed by atoms with Gasteiger partial charge in [0.1, 0.15) is 5.75 Å². The Balaban J connectivity index is 2.90. The number of carbonyl (C=O) groups is 1. The molecule has 1 rings (SSSR count). The van der Waals surface area contributed by atoms with Crippen LogP contribution < -0.4 is 10.1 Å². The first kappa shape index (κ1) is 16.5. The molecule has 0 aliphatic heterocycles. The third-order valence-corrected chi connectivity index (χ3v) is 3.21. The van der Waals surface area contributed by atoms with Crippen molar-refractivity contribution in [3.05, 3.63) is 29.8 Å². The normalized spacial score (nSPS) is 13.2. The molecule has 3 nitrogen and oxygen atoms in total. The zero-order valence-corrected chi connectivity index (χ0v) is 13.5. The van der Waals surface area contributed by atoms with E-state index in [0.717, 1.165) is 17.7 Å². The van der Waals surface area contributed by atoms with Crippen LogP contribution in [0.5, 0.6) is 5.75 Å². The number of nitrogens with one attached hydrogen (secondary N) is 1. The number of hydrogen-bond donors (Lipinski definition) is 1. The Morgan fingerprint density at radius 2 is 1.75 bits per heavy atom. The van der Waals surface area contributed by atoms with E-state index >= 15 is 0 Å². The van der Waals surface area contributed by atoms with Crippen molar-refractivity contribution in [3.63, 3.8) is 0 Å². The third kappa shape index (κ3) is 4.87. The molecular weight excluding hydrogens is 250 g/mol. The second kappa shape index (κ2) is 6.78. The van der Waals surface area contributed by atoms with Gasteiger partial charge in [0.2, 0.25) is 5.91 Å². The molecular formula is C17H27NO2. The second-order valence-corrected chi connectivity index (χ2v) is 6.68. The summed E-state index contributed by atoms with van der Waals surface area (Å²) in [5, 5.41) is 3.16. The van der Waals surface area contributed by atoms with Crippen LogP contribution in [0.15, 0.2) is 24.3 Å². The predicted molar refractivity (Wildman–Crippen MR) is 82.8 cm³/mol. The van der Waals surface area contributed by atoms with Crippen LogP contribution in [0.1, 0.15) is 52.6 Å². The third-order valence-electron chi connectivity index (χ3n) is 3.21. The van der Waals surface area contributed by atoms with Gasteiger partial charge in [-0.05, 0) is 30.0 Å². The summed E-state index contributed by atoms with van der Waals surface area (Å²) < 4.78 is 5.18. The quantitative estimate of drug-likeness (QED) is 0.885. The molecule has 0 aromatic heterocycles. The topological polar surface area (TPSA) is 38.3 Å². The molecule has 0 bridgehead atoms. The van der Waals surface area contributed by atoms with Crippen LogP contribution in [0.25, 0.3) is 0 Å². The van der Waals surface area contributed by atoms with Crippen molar-refractivity contribution < 1.29 is 9.53 Å². The Labute approximate surface area is 122 Å². The van der Waals surface area contributed by atoms with Gasteiger partial charge in [-0.15, -0.1) is 0 Å². The van der Waals surface area contributed by atoms with Crippen LogP contribution in [-0.2, 0) is 4.79 Å². The summed E-state index contributed by atoms with van der Waals surface area (Å²) in [6.45, 7) is 10.1.